The van der Waals surface area contributed by atoms with Gasteiger partial charge in [-0.2, -0.15) is 0 Å². The fourth-order valence-corrected chi connectivity index (χ4v) is 0.245. The average Bonchev–Trinajstić information content (AvgIpc) is 1.27. The van der Waals surface area contributed by atoms with Crippen LogP contribution in [0.3, 0.4) is 0 Å². The van der Waals surface area contributed by atoms with E-state index in [1.807, 2.05) is 0 Å². The molecule has 0 aliphatic heterocycles. The summed E-state index contributed by atoms with van der Waals surface area (Å²) in [6, 6.07) is 0. The molecule has 0 aromatic carbocycles. The van der Waals surface area contributed by atoms with Crippen LogP contribution in [0.25, 0.3) is 0 Å². The van der Waals surface area contributed by atoms with Crippen LogP contribution in [0.15, 0.2) is 0 Å². The second-order valence-corrected chi connectivity index (χ2v) is 1.35. The number of amides is 1. The molecule has 0 bridgehead atoms. The Balaban J connectivity index is 0. The number of hydrogen-bond donors (Lipinski definition) is 1. The Morgan fingerprint density at radius 3 is 1.88 bits per heavy atom. The number of primary amides is 1. The third-order valence-corrected chi connectivity index (χ3v) is 0.423. The molecule has 0 saturated carbocycles. The fourth-order valence-electron chi connectivity index (χ4n) is 0.245. The third kappa shape index (κ3) is 9.41. The Labute approximate surface area is 67.8 Å². The molecule has 3 nitrogen and oxygen atoms in total. The number of carbonyl (C=O) groups is 2. The summed E-state index contributed by atoms with van der Waals surface area (Å²) in [4.78, 5) is 19.8. The van der Waals surface area contributed by atoms with Crippen LogP contribution in [-0.2, 0) is 9.59 Å². The topological polar surface area (TPSA) is 60.2 Å². The molecule has 0 unspecified atom stereocenters. The molecule has 1 amide bonds. The van der Waals surface area contributed by atoms with Gasteiger partial charge in [0, 0.05) is 0 Å². The van der Waals surface area contributed by atoms with Crippen LogP contribution in [0, 0.1) is 0 Å². The molecule has 0 aliphatic carbocycles. The predicted molar refractivity (Wildman–Crippen MR) is 33.0 cm³/mol. The van der Waals surface area contributed by atoms with Gasteiger partial charge in [-0.15, -0.1) is 0 Å². The van der Waals surface area contributed by atoms with Gasteiger partial charge in [0.15, 0.2) is 0 Å². The maximum atomic E-state index is 9.95. The molecule has 8 heavy (non-hydrogen) atoms. The van der Waals surface area contributed by atoms with Gasteiger partial charge in [-0.25, -0.2) is 0 Å². The number of rotatable bonds is 2. The molecule has 2 N–H and O–H groups in total. The normalized spacial score (nSPS) is 7.12. The molecule has 0 aromatic rings. The standard InChI is InChI=1S/C4H7NO2.Pb.2H/c1-3(6)2-4(5)7;;;/h2H2,1H3,(H2,5,7);;;. The van der Waals surface area contributed by atoms with E-state index in [9.17, 15) is 9.59 Å². The molecule has 0 heterocycles. The summed E-state index contributed by atoms with van der Waals surface area (Å²) in [6.45, 7) is 1.32. The van der Waals surface area contributed by atoms with Crippen molar-refractivity contribution >= 4 is 39.0 Å². The quantitative estimate of drug-likeness (QED) is 0.500. The Morgan fingerprint density at radius 2 is 1.88 bits per heavy atom. The monoisotopic (exact) mass is 311 g/mol. The zero-order chi connectivity index (χ0) is 5.86. The molecule has 0 fully saturated rings. The Hall–Kier alpha value is 0.0621. The number of nitrogens with two attached hydrogens (primary N) is 1. The molecular formula is C4H9NO2Pb. The van der Waals surface area contributed by atoms with Crippen molar-refractivity contribution in [3.8, 4) is 0 Å². The van der Waals surface area contributed by atoms with Crippen LogP contribution < -0.4 is 5.73 Å². The fraction of sp³-hybridized carbons (Fsp3) is 0.500. The summed E-state index contributed by atoms with van der Waals surface area (Å²) in [6.07, 6.45) is -0.139. The first-order valence-electron chi connectivity index (χ1n) is 1.90. The van der Waals surface area contributed by atoms with Gasteiger partial charge in [0.25, 0.3) is 0 Å². The van der Waals surface area contributed by atoms with E-state index in [0.717, 1.165) is 0 Å². The van der Waals surface area contributed by atoms with E-state index >= 15 is 0 Å². The summed E-state index contributed by atoms with van der Waals surface area (Å²) in [5.74, 6) is -0.750. The maximum absolute atomic E-state index is 9.95. The summed E-state index contributed by atoms with van der Waals surface area (Å²) >= 11 is 0. The predicted octanol–water partition coefficient (Wildman–Crippen LogP) is -1.47. The number of Topliss-reactive ketones (excluding diaryl/α,β-unsaturated/α-hetero) is 1. The third-order valence-electron chi connectivity index (χ3n) is 0.423. The molecule has 0 atom stereocenters. The van der Waals surface area contributed by atoms with Crippen LogP contribution >= 0.6 is 0 Å². The Bertz CT molecular complexity index is 90.2. The number of carbonyl (C=O) groups excluding carboxylic acids is 2. The average molecular weight is 310 g/mol. The van der Waals surface area contributed by atoms with Gasteiger partial charge >= 0.3 is 27.3 Å². The minimum absolute atomic E-state index is 0. The van der Waals surface area contributed by atoms with Gasteiger partial charge in [-0.05, 0) is 6.92 Å². The van der Waals surface area contributed by atoms with Crippen molar-refractivity contribution in [3.63, 3.8) is 0 Å². The van der Waals surface area contributed by atoms with Crippen LogP contribution in [0.1, 0.15) is 13.3 Å². The second-order valence-electron chi connectivity index (χ2n) is 1.35. The van der Waals surface area contributed by atoms with Crippen LogP contribution in [-0.4, -0.2) is 39.0 Å². The molecule has 0 saturated heterocycles. The van der Waals surface area contributed by atoms with Crippen LogP contribution in [0.2, 0.25) is 0 Å². The summed E-state index contributed by atoms with van der Waals surface area (Å²) in [5, 5.41) is 0. The Morgan fingerprint density at radius 1 is 1.50 bits per heavy atom. The van der Waals surface area contributed by atoms with Crippen LogP contribution in [0.5, 0.6) is 0 Å². The van der Waals surface area contributed by atoms with Crippen molar-refractivity contribution < 1.29 is 9.59 Å². The van der Waals surface area contributed by atoms with Gasteiger partial charge in [0.1, 0.15) is 5.78 Å². The molecule has 46 valence electrons. The van der Waals surface area contributed by atoms with E-state index in [1.165, 1.54) is 6.92 Å². The van der Waals surface area contributed by atoms with Gasteiger partial charge in [-0.3, -0.25) is 9.59 Å². The van der Waals surface area contributed by atoms with Gasteiger partial charge < -0.3 is 5.73 Å². The molecule has 0 aromatic heterocycles. The molecule has 0 rings (SSSR count). The van der Waals surface area contributed by atoms with Crippen molar-refractivity contribution in [2.45, 2.75) is 13.3 Å². The zero-order valence-electron chi connectivity index (χ0n) is 4.81. The summed E-state index contributed by atoms with van der Waals surface area (Å²) in [5.41, 5.74) is 4.63. The molecule has 4 heteroatoms. The molecule has 2 radical (unpaired) electrons. The molecule has 0 aliphatic rings. The SMILES string of the molecule is CC(=O)CC(N)=O.[PbH2]. The first kappa shape index (κ1) is 10.9. The van der Waals surface area contributed by atoms with Gasteiger partial charge in [0.05, 0.1) is 6.42 Å². The van der Waals surface area contributed by atoms with Crippen molar-refractivity contribution in [1.82, 2.24) is 0 Å². The zero-order valence-corrected chi connectivity index (χ0v) is 10.3. The Kier molecular flexibility index (Phi) is 7.12. The van der Waals surface area contributed by atoms with E-state index in [4.69, 9.17) is 0 Å². The van der Waals surface area contributed by atoms with E-state index in [2.05, 4.69) is 5.73 Å². The first-order chi connectivity index (χ1) is 3.13. The van der Waals surface area contributed by atoms with E-state index in [1.54, 1.807) is 0 Å². The molecule has 0 spiro atoms. The van der Waals surface area contributed by atoms with Gasteiger partial charge in [-0.1, -0.05) is 0 Å². The van der Waals surface area contributed by atoms with Crippen LogP contribution in [0.4, 0.5) is 0 Å². The van der Waals surface area contributed by atoms with Gasteiger partial charge in [0.2, 0.25) is 5.91 Å². The van der Waals surface area contributed by atoms with Crippen molar-refractivity contribution in [2.24, 2.45) is 5.73 Å². The first-order valence-corrected chi connectivity index (χ1v) is 1.90. The van der Waals surface area contributed by atoms with Crippen molar-refractivity contribution in [3.05, 3.63) is 0 Å². The molecular weight excluding hydrogens is 301 g/mol. The number of ketones is 1. The van der Waals surface area contributed by atoms with E-state index in [-0.39, 0.29) is 39.5 Å². The van der Waals surface area contributed by atoms with E-state index in [0.29, 0.717) is 0 Å². The minimum atomic E-state index is -0.562. The van der Waals surface area contributed by atoms with Crippen molar-refractivity contribution in [2.75, 3.05) is 0 Å². The summed E-state index contributed by atoms with van der Waals surface area (Å²) in [7, 11) is 0. The summed E-state index contributed by atoms with van der Waals surface area (Å²) < 4.78 is 0. The second kappa shape index (κ2) is 5.20. The van der Waals surface area contributed by atoms with E-state index < -0.39 is 5.91 Å². The number of hydrogen-bond acceptors (Lipinski definition) is 2. The van der Waals surface area contributed by atoms with Crippen molar-refractivity contribution in [1.29, 1.82) is 0 Å².